The summed E-state index contributed by atoms with van der Waals surface area (Å²) in [5.74, 6) is 0.629. The molecule has 3 rings (SSSR count). The van der Waals surface area contributed by atoms with Crippen LogP contribution in [0.5, 0.6) is 0 Å². The number of rotatable bonds is 7. The molecule has 2 N–H and O–H groups in total. The van der Waals surface area contributed by atoms with Gasteiger partial charge in [0, 0.05) is 10.5 Å². The van der Waals surface area contributed by atoms with Gasteiger partial charge in [0.1, 0.15) is 6.04 Å². The number of benzene rings is 2. The summed E-state index contributed by atoms with van der Waals surface area (Å²) in [6.07, 6.45) is 3.45. The van der Waals surface area contributed by atoms with E-state index in [9.17, 15) is 13.2 Å². The van der Waals surface area contributed by atoms with Crippen molar-refractivity contribution in [2.24, 2.45) is 11.8 Å². The predicted molar refractivity (Wildman–Crippen MR) is 123 cm³/mol. The fourth-order valence-corrected chi connectivity index (χ4v) is 5.44. The summed E-state index contributed by atoms with van der Waals surface area (Å²) in [7, 11) is -3.84. The van der Waals surface area contributed by atoms with E-state index in [1.54, 1.807) is 12.1 Å². The molecule has 7 heteroatoms. The van der Waals surface area contributed by atoms with Crippen LogP contribution in [0.1, 0.15) is 38.7 Å². The molecule has 1 aliphatic carbocycles. The number of amides is 1. The molecule has 0 aliphatic heterocycles. The zero-order valence-corrected chi connectivity index (χ0v) is 19.7. The molecule has 2 aromatic carbocycles. The van der Waals surface area contributed by atoms with Gasteiger partial charge in [-0.1, -0.05) is 73.0 Å². The Morgan fingerprint density at radius 2 is 1.73 bits per heavy atom. The average Bonchev–Trinajstić information content (AvgIpc) is 2.72. The molecule has 30 heavy (non-hydrogen) atoms. The summed E-state index contributed by atoms with van der Waals surface area (Å²) in [5, 5.41) is 3.13. The van der Waals surface area contributed by atoms with Crippen molar-refractivity contribution in [1.29, 1.82) is 0 Å². The molecule has 1 fully saturated rings. The molecule has 0 aromatic heterocycles. The van der Waals surface area contributed by atoms with Gasteiger partial charge in [0.2, 0.25) is 15.9 Å². The highest BCUT2D eigenvalue weighted by Crippen LogP contribution is 2.29. The van der Waals surface area contributed by atoms with Crippen LogP contribution < -0.4 is 10.0 Å². The zero-order valence-electron chi connectivity index (χ0n) is 17.3. The number of carbonyl (C=O) groups excluding carboxylic acids is 1. The van der Waals surface area contributed by atoms with Gasteiger partial charge in [0.15, 0.2) is 0 Å². The maximum Gasteiger partial charge on any atom is 0.241 e. The lowest BCUT2D eigenvalue weighted by atomic mass is 9.78. The van der Waals surface area contributed by atoms with Crippen molar-refractivity contribution in [3.63, 3.8) is 0 Å². The van der Waals surface area contributed by atoms with Gasteiger partial charge < -0.3 is 5.32 Å². The SMILES string of the molecule is C[C@@H]1[C@H](C)CCC[C@@H]1NC(=O)[C@@H](Cc1ccccc1)NS(=O)(=O)c1ccc(Br)cc1. The summed E-state index contributed by atoms with van der Waals surface area (Å²) in [6.45, 7) is 4.37. The minimum Gasteiger partial charge on any atom is -0.352 e. The first kappa shape index (κ1) is 23.0. The van der Waals surface area contributed by atoms with Crippen molar-refractivity contribution in [3.05, 3.63) is 64.6 Å². The van der Waals surface area contributed by atoms with E-state index in [1.807, 2.05) is 30.3 Å². The molecule has 1 aliphatic rings. The molecule has 0 unspecified atom stereocenters. The van der Waals surface area contributed by atoms with Crippen LogP contribution in [-0.2, 0) is 21.2 Å². The lowest BCUT2D eigenvalue weighted by molar-refractivity contribution is -0.124. The first-order valence-electron chi connectivity index (χ1n) is 10.4. The standard InChI is InChI=1S/C23H29BrN2O3S/c1-16-7-6-10-21(17(16)2)25-23(27)22(15-18-8-4-3-5-9-18)26-30(28,29)20-13-11-19(24)12-14-20/h3-5,8-9,11-14,16-17,21-22,26H,6-7,10,15H2,1-2H3,(H,25,27)/t16-,17-,21+,22-/m1/s1. The Morgan fingerprint density at radius 1 is 1.07 bits per heavy atom. The van der Waals surface area contributed by atoms with Gasteiger partial charge in [0.25, 0.3) is 0 Å². The van der Waals surface area contributed by atoms with E-state index in [1.165, 1.54) is 12.1 Å². The topological polar surface area (TPSA) is 75.3 Å². The predicted octanol–water partition coefficient (Wildman–Crippen LogP) is 4.28. The van der Waals surface area contributed by atoms with E-state index in [4.69, 9.17) is 0 Å². The largest absolute Gasteiger partial charge is 0.352 e. The first-order valence-corrected chi connectivity index (χ1v) is 12.7. The maximum atomic E-state index is 13.2. The van der Waals surface area contributed by atoms with E-state index in [2.05, 4.69) is 39.8 Å². The summed E-state index contributed by atoms with van der Waals surface area (Å²) in [4.78, 5) is 13.3. The molecule has 0 spiro atoms. The summed E-state index contributed by atoms with van der Waals surface area (Å²) in [5.41, 5.74) is 0.904. The number of carbonyl (C=O) groups is 1. The van der Waals surface area contributed by atoms with Crippen molar-refractivity contribution in [3.8, 4) is 0 Å². The fourth-order valence-electron chi connectivity index (χ4n) is 3.98. The van der Waals surface area contributed by atoms with Gasteiger partial charge in [-0.2, -0.15) is 4.72 Å². The molecule has 0 radical (unpaired) electrons. The Kier molecular flexibility index (Phi) is 7.71. The monoisotopic (exact) mass is 492 g/mol. The molecule has 1 saturated carbocycles. The molecular weight excluding hydrogens is 464 g/mol. The first-order chi connectivity index (χ1) is 14.3. The lowest BCUT2D eigenvalue weighted by Gasteiger charge is -2.35. The van der Waals surface area contributed by atoms with Crippen LogP contribution in [0.2, 0.25) is 0 Å². The van der Waals surface area contributed by atoms with E-state index in [-0.39, 0.29) is 16.8 Å². The van der Waals surface area contributed by atoms with E-state index in [0.717, 1.165) is 29.3 Å². The second-order valence-electron chi connectivity index (χ2n) is 8.20. The smallest absolute Gasteiger partial charge is 0.241 e. The number of nitrogens with one attached hydrogen (secondary N) is 2. The lowest BCUT2D eigenvalue weighted by Crippen LogP contribution is -2.53. The Bertz CT molecular complexity index is 948. The highest BCUT2D eigenvalue weighted by atomic mass is 79.9. The normalized spacial score (nSPS) is 23.0. The van der Waals surface area contributed by atoms with Crippen LogP contribution in [0.4, 0.5) is 0 Å². The molecule has 0 saturated heterocycles. The van der Waals surface area contributed by atoms with Gasteiger partial charge in [-0.3, -0.25) is 4.79 Å². The second kappa shape index (κ2) is 10.1. The number of sulfonamides is 1. The molecule has 1 amide bonds. The van der Waals surface area contributed by atoms with E-state index >= 15 is 0 Å². The molecule has 4 atom stereocenters. The van der Waals surface area contributed by atoms with Crippen molar-refractivity contribution in [1.82, 2.24) is 10.0 Å². The number of hydrogen-bond donors (Lipinski definition) is 2. The van der Waals surface area contributed by atoms with Crippen molar-refractivity contribution in [2.45, 2.75) is 56.5 Å². The van der Waals surface area contributed by atoms with Gasteiger partial charge in [-0.05, 0) is 54.5 Å². The highest BCUT2D eigenvalue weighted by Gasteiger charge is 2.32. The quantitative estimate of drug-likeness (QED) is 0.605. The summed E-state index contributed by atoms with van der Waals surface area (Å²) >= 11 is 3.32. The van der Waals surface area contributed by atoms with Crippen LogP contribution in [0.3, 0.4) is 0 Å². The van der Waals surface area contributed by atoms with Crippen molar-refractivity contribution >= 4 is 31.9 Å². The summed E-state index contributed by atoms with van der Waals surface area (Å²) in [6, 6.07) is 15.1. The number of hydrogen-bond acceptors (Lipinski definition) is 3. The third kappa shape index (κ3) is 5.93. The van der Waals surface area contributed by atoms with E-state index in [0.29, 0.717) is 18.3 Å². The number of halogens is 1. The molecule has 162 valence electrons. The van der Waals surface area contributed by atoms with Crippen LogP contribution in [0, 0.1) is 11.8 Å². The third-order valence-electron chi connectivity index (χ3n) is 6.05. The van der Waals surface area contributed by atoms with Crippen LogP contribution in [-0.4, -0.2) is 26.4 Å². The van der Waals surface area contributed by atoms with Crippen LogP contribution in [0.25, 0.3) is 0 Å². The summed E-state index contributed by atoms with van der Waals surface area (Å²) < 4.78 is 29.3. The Balaban J connectivity index is 1.80. The van der Waals surface area contributed by atoms with Gasteiger partial charge >= 0.3 is 0 Å². The van der Waals surface area contributed by atoms with Crippen LogP contribution >= 0.6 is 15.9 Å². The molecule has 0 heterocycles. The van der Waals surface area contributed by atoms with Gasteiger partial charge in [-0.15, -0.1) is 0 Å². The Labute approximate surface area is 187 Å². The van der Waals surface area contributed by atoms with Gasteiger partial charge in [-0.25, -0.2) is 8.42 Å². The Hall–Kier alpha value is -1.70. The van der Waals surface area contributed by atoms with Gasteiger partial charge in [0.05, 0.1) is 4.90 Å². The highest BCUT2D eigenvalue weighted by molar-refractivity contribution is 9.10. The van der Waals surface area contributed by atoms with E-state index < -0.39 is 16.1 Å². The average molecular weight is 493 g/mol. The molecule has 5 nitrogen and oxygen atoms in total. The minimum atomic E-state index is -3.84. The third-order valence-corrected chi connectivity index (χ3v) is 8.07. The van der Waals surface area contributed by atoms with Crippen molar-refractivity contribution < 1.29 is 13.2 Å². The molecule has 2 aromatic rings. The molecular formula is C23H29BrN2O3S. The molecule has 0 bridgehead atoms. The van der Waals surface area contributed by atoms with Crippen LogP contribution in [0.15, 0.2) is 64.0 Å². The fraction of sp³-hybridized carbons (Fsp3) is 0.435. The Morgan fingerprint density at radius 3 is 2.40 bits per heavy atom. The minimum absolute atomic E-state index is 0.0664. The zero-order chi connectivity index (χ0) is 21.7. The maximum absolute atomic E-state index is 13.2. The van der Waals surface area contributed by atoms with Crippen molar-refractivity contribution in [2.75, 3.05) is 0 Å². The second-order valence-corrected chi connectivity index (χ2v) is 10.8.